The summed E-state index contributed by atoms with van der Waals surface area (Å²) in [7, 11) is 0. The highest BCUT2D eigenvalue weighted by Gasteiger charge is 2.60. The van der Waals surface area contributed by atoms with E-state index < -0.39 is 0 Å². The molecule has 158 valence electrons. The molecule has 1 nitrogen and oxygen atoms in total. The van der Waals surface area contributed by atoms with Crippen LogP contribution in [0.1, 0.15) is 92.4 Å². The van der Waals surface area contributed by atoms with Gasteiger partial charge in [0.25, 0.3) is 0 Å². The molecule has 28 heavy (non-hydrogen) atoms. The second-order valence-corrected chi connectivity index (χ2v) is 11.8. The maximum atomic E-state index is 10.2. The van der Waals surface area contributed by atoms with E-state index in [4.69, 9.17) is 0 Å². The van der Waals surface area contributed by atoms with Gasteiger partial charge in [0.1, 0.15) is 0 Å². The van der Waals surface area contributed by atoms with Crippen LogP contribution in [0.15, 0.2) is 23.8 Å². The minimum atomic E-state index is -0.0206. The largest absolute Gasteiger partial charge is 0.393 e. The van der Waals surface area contributed by atoms with E-state index in [1.165, 1.54) is 50.5 Å². The summed E-state index contributed by atoms with van der Waals surface area (Å²) < 4.78 is 0. The van der Waals surface area contributed by atoms with Crippen molar-refractivity contribution in [2.75, 3.05) is 0 Å². The molecule has 4 rings (SSSR count). The molecular weight excluding hydrogens is 340 g/mol. The molecule has 0 saturated heterocycles. The first-order valence-electron chi connectivity index (χ1n) is 12.3. The van der Waals surface area contributed by atoms with Crippen LogP contribution in [0.2, 0.25) is 0 Å². The Labute approximate surface area is 174 Å². The third kappa shape index (κ3) is 3.34. The SMILES string of the molecule is CC(C)=CC=C[C@@H](C)[C@H]1CC[C@H]2[C@@H]3CC[C@H]4C[C@@H](O)CC[C@]4(C)[C@H]3CC[C@]12C. The van der Waals surface area contributed by atoms with Crippen molar-refractivity contribution in [1.29, 1.82) is 0 Å². The van der Waals surface area contributed by atoms with Crippen LogP contribution in [0.25, 0.3) is 0 Å². The molecular formula is C27H44O. The summed E-state index contributed by atoms with van der Waals surface area (Å²) in [5.41, 5.74) is 2.45. The number of hydrogen-bond acceptors (Lipinski definition) is 1. The highest BCUT2D eigenvalue weighted by atomic mass is 16.3. The normalized spacial score (nSPS) is 49.2. The van der Waals surface area contributed by atoms with Crippen molar-refractivity contribution in [3.05, 3.63) is 23.8 Å². The Kier molecular flexibility index (Phi) is 5.62. The average molecular weight is 385 g/mol. The van der Waals surface area contributed by atoms with Gasteiger partial charge in [-0.2, -0.15) is 0 Å². The first-order chi connectivity index (χ1) is 13.3. The molecule has 0 aliphatic heterocycles. The molecule has 0 aromatic heterocycles. The molecule has 9 atom stereocenters. The highest BCUT2D eigenvalue weighted by Crippen LogP contribution is 2.68. The molecule has 0 unspecified atom stereocenters. The van der Waals surface area contributed by atoms with Crippen LogP contribution in [0.5, 0.6) is 0 Å². The van der Waals surface area contributed by atoms with Crippen LogP contribution in [0, 0.1) is 46.3 Å². The zero-order valence-electron chi connectivity index (χ0n) is 19.1. The summed E-state index contributed by atoms with van der Waals surface area (Å²) in [4.78, 5) is 0. The predicted molar refractivity (Wildman–Crippen MR) is 119 cm³/mol. The quantitative estimate of drug-likeness (QED) is 0.512. The van der Waals surface area contributed by atoms with Gasteiger partial charge in [-0.15, -0.1) is 0 Å². The molecule has 4 saturated carbocycles. The minimum absolute atomic E-state index is 0.0206. The second kappa shape index (κ2) is 7.60. The Bertz CT molecular complexity index is 628. The summed E-state index contributed by atoms with van der Waals surface area (Å²) in [5.74, 6) is 5.16. The van der Waals surface area contributed by atoms with Crippen LogP contribution in [-0.2, 0) is 0 Å². The summed E-state index contributed by atoms with van der Waals surface area (Å²) in [5, 5.41) is 10.2. The average Bonchev–Trinajstić information content (AvgIpc) is 2.99. The van der Waals surface area contributed by atoms with Gasteiger partial charge in [-0.1, -0.05) is 44.6 Å². The summed E-state index contributed by atoms with van der Waals surface area (Å²) in [6, 6.07) is 0. The molecule has 0 bridgehead atoms. The van der Waals surface area contributed by atoms with E-state index in [0.29, 0.717) is 16.7 Å². The highest BCUT2D eigenvalue weighted by molar-refractivity contribution is 5.14. The Hall–Kier alpha value is -0.560. The number of aliphatic hydroxyl groups excluding tert-OH is 1. The smallest absolute Gasteiger partial charge is 0.0543 e. The maximum absolute atomic E-state index is 10.2. The van der Waals surface area contributed by atoms with Gasteiger partial charge in [0.05, 0.1) is 6.10 Å². The molecule has 0 spiro atoms. The lowest BCUT2D eigenvalue weighted by atomic mass is 9.44. The van der Waals surface area contributed by atoms with Gasteiger partial charge in [0.15, 0.2) is 0 Å². The summed E-state index contributed by atoms with van der Waals surface area (Å²) in [6.45, 7) is 12.1. The minimum Gasteiger partial charge on any atom is -0.393 e. The van der Waals surface area contributed by atoms with E-state index in [1.54, 1.807) is 0 Å². The number of rotatable bonds is 3. The number of aliphatic hydroxyl groups is 1. The van der Waals surface area contributed by atoms with Crippen LogP contribution in [0.3, 0.4) is 0 Å². The molecule has 1 N–H and O–H groups in total. The Morgan fingerprint density at radius 2 is 1.64 bits per heavy atom. The fourth-order valence-electron chi connectivity index (χ4n) is 8.70. The predicted octanol–water partition coefficient (Wildman–Crippen LogP) is 7.16. The standard InChI is InChI=1S/C27H44O/c1-18(2)7-6-8-19(3)23-11-12-24-22-10-9-20-17-21(28)13-15-26(20,4)25(22)14-16-27(23,24)5/h6-8,19-25,28H,9-17H2,1-5H3/t19-,20+,21+,22+,23-,24+,25+,26+,27-/m1/s1. The topological polar surface area (TPSA) is 20.2 Å². The zero-order chi connectivity index (χ0) is 20.1. The lowest BCUT2D eigenvalue weighted by Crippen LogP contribution is -2.54. The van der Waals surface area contributed by atoms with Gasteiger partial charge in [-0.3, -0.25) is 0 Å². The Morgan fingerprint density at radius 3 is 2.39 bits per heavy atom. The Morgan fingerprint density at radius 1 is 0.929 bits per heavy atom. The van der Waals surface area contributed by atoms with E-state index >= 15 is 0 Å². The van der Waals surface area contributed by atoms with Crippen molar-refractivity contribution in [3.8, 4) is 0 Å². The molecule has 0 amide bonds. The molecule has 4 aliphatic rings. The van der Waals surface area contributed by atoms with Gasteiger partial charge in [0.2, 0.25) is 0 Å². The van der Waals surface area contributed by atoms with Gasteiger partial charge >= 0.3 is 0 Å². The van der Waals surface area contributed by atoms with Gasteiger partial charge in [-0.25, -0.2) is 0 Å². The van der Waals surface area contributed by atoms with Crippen molar-refractivity contribution in [1.82, 2.24) is 0 Å². The number of hydrogen-bond donors (Lipinski definition) is 1. The van der Waals surface area contributed by atoms with Crippen molar-refractivity contribution < 1.29 is 5.11 Å². The van der Waals surface area contributed by atoms with Crippen molar-refractivity contribution in [2.45, 2.75) is 98.5 Å². The number of allylic oxidation sites excluding steroid dienone is 4. The molecule has 4 aliphatic carbocycles. The molecule has 0 radical (unpaired) electrons. The van der Waals surface area contributed by atoms with Gasteiger partial charge in [0, 0.05) is 0 Å². The van der Waals surface area contributed by atoms with Crippen LogP contribution in [-0.4, -0.2) is 11.2 Å². The van der Waals surface area contributed by atoms with Crippen LogP contribution >= 0.6 is 0 Å². The molecule has 4 fully saturated rings. The monoisotopic (exact) mass is 384 g/mol. The van der Waals surface area contributed by atoms with Crippen LogP contribution < -0.4 is 0 Å². The lowest BCUT2D eigenvalue weighted by Gasteiger charge is -2.61. The van der Waals surface area contributed by atoms with E-state index in [0.717, 1.165) is 42.4 Å². The Balaban J connectivity index is 1.52. The first-order valence-corrected chi connectivity index (χ1v) is 12.3. The maximum Gasteiger partial charge on any atom is 0.0543 e. The fraction of sp³-hybridized carbons (Fsp3) is 0.852. The first kappa shape index (κ1) is 20.7. The van der Waals surface area contributed by atoms with Crippen molar-refractivity contribution >= 4 is 0 Å². The van der Waals surface area contributed by atoms with E-state index in [9.17, 15) is 5.11 Å². The van der Waals surface area contributed by atoms with E-state index in [2.05, 4.69) is 52.8 Å². The number of fused-ring (bicyclic) bond motifs is 5. The van der Waals surface area contributed by atoms with E-state index in [-0.39, 0.29) is 6.10 Å². The van der Waals surface area contributed by atoms with E-state index in [1.807, 2.05) is 0 Å². The summed E-state index contributed by atoms with van der Waals surface area (Å²) >= 11 is 0. The van der Waals surface area contributed by atoms with Gasteiger partial charge in [-0.05, 0) is 118 Å². The fourth-order valence-corrected chi connectivity index (χ4v) is 8.70. The van der Waals surface area contributed by atoms with Crippen molar-refractivity contribution in [3.63, 3.8) is 0 Å². The van der Waals surface area contributed by atoms with Crippen molar-refractivity contribution in [2.24, 2.45) is 46.3 Å². The van der Waals surface area contributed by atoms with Gasteiger partial charge < -0.3 is 5.11 Å². The lowest BCUT2D eigenvalue weighted by molar-refractivity contribution is -0.128. The molecule has 1 heteroatoms. The zero-order valence-corrected chi connectivity index (χ0v) is 19.1. The molecule has 0 aromatic carbocycles. The van der Waals surface area contributed by atoms with Crippen LogP contribution in [0.4, 0.5) is 0 Å². The summed E-state index contributed by atoms with van der Waals surface area (Å²) in [6.07, 6.45) is 19.0. The molecule has 0 heterocycles. The second-order valence-electron chi connectivity index (χ2n) is 11.8. The molecule has 0 aromatic rings. The third-order valence-electron chi connectivity index (χ3n) is 10.2. The third-order valence-corrected chi connectivity index (χ3v) is 10.2.